The number of nitrogens with zero attached hydrogens (tertiary/aromatic N) is 1. The molecule has 1 saturated heterocycles. The molecule has 0 radical (unpaired) electrons. The first-order valence-corrected chi connectivity index (χ1v) is 12.2. The minimum Gasteiger partial charge on any atom is -0.469 e. The number of nitrogens with one attached hydrogen (secondary N) is 1. The van der Waals surface area contributed by atoms with Crippen molar-refractivity contribution in [2.45, 2.75) is 57.9 Å². The predicted molar refractivity (Wildman–Crippen MR) is 121 cm³/mol. The zero-order chi connectivity index (χ0) is 21.8. The summed E-state index contributed by atoms with van der Waals surface area (Å²) < 4.78 is 5.09. The van der Waals surface area contributed by atoms with Gasteiger partial charge in [0, 0.05) is 6.04 Å². The van der Waals surface area contributed by atoms with Gasteiger partial charge in [-0.05, 0) is 80.8 Å². The Kier molecular flexibility index (Phi) is 7.31. The van der Waals surface area contributed by atoms with Gasteiger partial charge in [-0.25, -0.2) is 0 Å². The summed E-state index contributed by atoms with van der Waals surface area (Å²) >= 11 is 0. The fourth-order valence-electron chi connectivity index (χ4n) is 6.32. The highest BCUT2D eigenvalue weighted by Gasteiger charge is 2.49. The van der Waals surface area contributed by atoms with Crippen LogP contribution in [0.25, 0.3) is 0 Å². The number of hydrogen-bond donors (Lipinski definition) is 1. The average molecular weight is 427 g/mol. The second-order valence-corrected chi connectivity index (χ2v) is 10.2. The Morgan fingerprint density at radius 3 is 2.52 bits per heavy atom. The summed E-state index contributed by atoms with van der Waals surface area (Å²) in [6.07, 6.45) is 7.77. The monoisotopic (exact) mass is 426 g/mol. The number of benzene rings is 1. The molecule has 1 aromatic rings. The van der Waals surface area contributed by atoms with Gasteiger partial charge in [0.2, 0.25) is 5.91 Å². The maximum atomic E-state index is 12.9. The van der Waals surface area contributed by atoms with E-state index < -0.39 is 0 Å². The van der Waals surface area contributed by atoms with Gasteiger partial charge in [-0.15, -0.1) is 0 Å². The fraction of sp³-hybridized carbons (Fsp3) is 0.692. The van der Waals surface area contributed by atoms with Crippen LogP contribution < -0.4 is 5.32 Å². The normalized spacial score (nSPS) is 31.7. The second-order valence-electron chi connectivity index (χ2n) is 10.2. The van der Waals surface area contributed by atoms with Gasteiger partial charge < -0.3 is 10.1 Å². The molecule has 0 bridgehead atoms. The van der Waals surface area contributed by atoms with Crippen molar-refractivity contribution in [1.82, 2.24) is 10.2 Å². The highest BCUT2D eigenvalue weighted by Crippen LogP contribution is 2.47. The van der Waals surface area contributed by atoms with Crippen molar-refractivity contribution in [3.63, 3.8) is 0 Å². The molecule has 5 atom stereocenters. The lowest BCUT2D eigenvalue weighted by Gasteiger charge is -2.35. The number of piperidine rings is 1. The molecule has 4 rings (SSSR count). The van der Waals surface area contributed by atoms with Gasteiger partial charge in [0.25, 0.3) is 0 Å². The van der Waals surface area contributed by atoms with E-state index in [1.807, 2.05) is 0 Å². The van der Waals surface area contributed by atoms with Crippen LogP contribution in [0.5, 0.6) is 0 Å². The van der Waals surface area contributed by atoms with Crippen LogP contribution in [0, 0.1) is 29.6 Å². The lowest BCUT2D eigenvalue weighted by Crippen LogP contribution is -2.49. The first-order chi connectivity index (χ1) is 15.0. The number of ether oxygens (including phenoxy) is 1. The second kappa shape index (κ2) is 10.2. The molecule has 1 aromatic carbocycles. The number of likely N-dealkylation sites (tertiary alicyclic amines) is 1. The number of carbonyl (C=O) groups is 2. The Balaban J connectivity index is 1.29. The van der Waals surface area contributed by atoms with Gasteiger partial charge in [0.15, 0.2) is 0 Å². The van der Waals surface area contributed by atoms with Crippen molar-refractivity contribution >= 4 is 11.9 Å². The highest BCUT2D eigenvalue weighted by atomic mass is 16.5. The summed E-state index contributed by atoms with van der Waals surface area (Å²) in [5.74, 6) is 2.04. The predicted octanol–water partition coefficient (Wildman–Crippen LogP) is 3.67. The first kappa shape index (κ1) is 22.3. The van der Waals surface area contributed by atoms with Crippen LogP contribution in [-0.2, 0) is 20.7 Å². The molecule has 5 nitrogen and oxygen atoms in total. The number of esters is 1. The molecule has 5 heteroatoms. The zero-order valence-electron chi connectivity index (χ0n) is 19.1. The van der Waals surface area contributed by atoms with Crippen molar-refractivity contribution in [3.8, 4) is 0 Å². The summed E-state index contributed by atoms with van der Waals surface area (Å²) in [5, 5.41) is 3.28. The van der Waals surface area contributed by atoms with Crippen molar-refractivity contribution in [2.24, 2.45) is 29.6 Å². The van der Waals surface area contributed by atoms with Gasteiger partial charge in [-0.1, -0.05) is 43.7 Å². The van der Waals surface area contributed by atoms with E-state index in [0.29, 0.717) is 30.2 Å². The molecule has 5 unspecified atom stereocenters. The Labute approximate surface area is 186 Å². The van der Waals surface area contributed by atoms with Gasteiger partial charge in [0.1, 0.15) is 0 Å². The van der Waals surface area contributed by atoms with Crippen LogP contribution in [0.15, 0.2) is 30.3 Å². The summed E-state index contributed by atoms with van der Waals surface area (Å²) in [5.41, 5.74) is 1.41. The number of amides is 1. The Bertz CT molecular complexity index is 744. The lowest BCUT2D eigenvalue weighted by atomic mass is 9.75. The number of methoxy groups -OCH3 is 1. The molecule has 1 aliphatic heterocycles. The van der Waals surface area contributed by atoms with E-state index in [1.54, 1.807) is 0 Å². The van der Waals surface area contributed by atoms with E-state index in [0.717, 1.165) is 45.2 Å². The molecular weight excluding hydrogens is 388 g/mol. The van der Waals surface area contributed by atoms with Crippen molar-refractivity contribution < 1.29 is 14.3 Å². The van der Waals surface area contributed by atoms with Crippen LogP contribution in [0.4, 0.5) is 0 Å². The first-order valence-electron chi connectivity index (χ1n) is 12.2. The summed E-state index contributed by atoms with van der Waals surface area (Å²) in [7, 11) is 1.46. The minimum atomic E-state index is -0.189. The molecule has 1 amide bonds. The summed E-state index contributed by atoms with van der Waals surface area (Å²) in [4.78, 5) is 27.6. The van der Waals surface area contributed by atoms with Crippen LogP contribution in [0.1, 0.15) is 51.0 Å². The van der Waals surface area contributed by atoms with E-state index in [1.165, 1.54) is 25.5 Å². The SMILES string of the molecule is COC(=O)C1CC2CCC(C)CC2C1NC(=O)CN1CCC(Cc2ccccc2)CC1. The van der Waals surface area contributed by atoms with Gasteiger partial charge in [-0.2, -0.15) is 0 Å². The molecule has 1 N–H and O–H groups in total. The summed E-state index contributed by atoms with van der Waals surface area (Å²) in [6, 6.07) is 10.6. The molecular formula is C26H38N2O3. The Morgan fingerprint density at radius 2 is 1.81 bits per heavy atom. The maximum absolute atomic E-state index is 12.9. The maximum Gasteiger partial charge on any atom is 0.310 e. The standard InChI is InChI=1S/C26H38N2O3/c1-18-8-9-21-16-23(26(30)31-2)25(22(21)14-18)27-24(29)17-28-12-10-20(11-13-28)15-19-6-4-3-5-7-19/h3-7,18,20-23,25H,8-17H2,1-2H3,(H,27,29). The average Bonchev–Trinajstić information content (AvgIpc) is 3.12. The quantitative estimate of drug-likeness (QED) is 0.705. The third kappa shape index (κ3) is 5.49. The largest absolute Gasteiger partial charge is 0.469 e. The van der Waals surface area contributed by atoms with Crippen molar-refractivity contribution in [2.75, 3.05) is 26.7 Å². The highest BCUT2D eigenvalue weighted by molar-refractivity contribution is 5.80. The molecule has 2 aliphatic carbocycles. The molecule has 3 fully saturated rings. The van der Waals surface area contributed by atoms with Crippen LogP contribution in [0.3, 0.4) is 0 Å². The van der Waals surface area contributed by atoms with Gasteiger partial charge in [0.05, 0.1) is 19.6 Å². The molecule has 2 saturated carbocycles. The fourth-order valence-corrected chi connectivity index (χ4v) is 6.32. The van der Waals surface area contributed by atoms with Crippen LogP contribution in [0.2, 0.25) is 0 Å². The molecule has 0 aromatic heterocycles. The number of hydrogen-bond acceptors (Lipinski definition) is 4. The van der Waals surface area contributed by atoms with E-state index in [-0.39, 0.29) is 23.8 Å². The molecule has 3 aliphatic rings. The lowest BCUT2D eigenvalue weighted by molar-refractivity contribution is -0.146. The van der Waals surface area contributed by atoms with E-state index in [2.05, 4.69) is 47.5 Å². The van der Waals surface area contributed by atoms with Gasteiger partial charge >= 0.3 is 5.97 Å². The van der Waals surface area contributed by atoms with E-state index in [4.69, 9.17) is 4.74 Å². The minimum absolute atomic E-state index is 0.0664. The van der Waals surface area contributed by atoms with Crippen LogP contribution >= 0.6 is 0 Å². The third-order valence-electron chi connectivity index (χ3n) is 8.03. The molecule has 0 spiro atoms. The number of fused-ring (bicyclic) bond motifs is 1. The van der Waals surface area contributed by atoms with Crippen molar-refractivity contribution in [1.29, 1.82) is 0 Å². The van der Waals surface area contributed by atoms with Crippen molar-refractivity contribution in [3.05, 3.63) is 35.9 Å². The summed E-state index contributed by atoms with van der Waals surface area (Å²) in [6.45, 7) is 4.67. The van der Waals surface area contributed by atoms with E-state index in [9.17, 15) is 9.59 Å². The Hall–Kier alpha value is -1.88. The topological polar surface area (TPSA) is 58.6 Å². The zero-order valence-corrected chi connectivity index (χ0v) is 19.1. The van der Waals surface area contributed by atoms with Crippen LogP contribution in [-0.4, -0.2) is 49.6 Å². The number of rotatable bonds is 6. The van der Waals surface area contributed by atoms with Gasteiger partial charge in [-0.3, -0.25) is 14.5 Å². The molecule has 1 heterocycles. The Morgan fingerprint density at radius 1 is 1.06 bits per heavy atom. The molecule has 170 valence electrons. The smallest absolute Gasteiger partial charge is 0.310 e. The number of carbonyl (C=O) groups excluding carboxylic acids is 2. The third-order valence-corrected chi connectivity index (χ3v) is 8.03. The molecule has 31 heavy (non-hydrogen) atoms. The van der Waals surface area contributed by atoms with E-state index >= 15 is 0 Å².